The van der Waals surface area contributed by atoms with Gasteiger partial charge < -0.3 is 9.88 Å². The van der Waals surface area contributed by atoms with Gasteiger partial charge in [0, 0.05) is 26.7 Å². The van der Waals surface area contributed by atoms with Crippen LogP contribution in [0.25, 0.3) is 11.0 Å². The Morgan fingerprint density at radius 2 is 1.93 bits per heavy atom. The molecule has 0 saturated carbocycles. The number of amides is 1. The molecule has 0 saturated heterocycles. The van der Waals surface area contributed by atoms with Crippen LogP contribution in [0.1, 0.15) is 16.2 Å². The highest BCUT2D eigenvalue weighted by atomic mass is 32.2. The molecular formula is C18H19FN4O3S. The highest BCUT2D eigenvalue weighted by molar-refractivity contribution is 7.89. The first-order valence-electron chi connectivity index (χ1n) is 8.12. The summed E-state index contributed by atoms with van der Waals surface area (Å²) in [5.41, 5.74) is 1.80. The lowest BCUT2D eigenvalue weighted by molar-refractivity contribution is 0.0949. The van der Waals surface area contributed by atoms with Crippen LogP contribution in [0, 0.1) is 5.82 Å². The topological polar surface area (TPSA) is 84.3 Å². The zero-order valence-corrected chi connectivity index (χ0v) is 15.9. The van der Waals surface area contributed by atoms with Crippen molar-refractivity contribution in [2.24, 2.45) is 7.05 Å². The summed E-state index contributed by atoms with van der Waals surface area (Å²) < 4.78 is 41.1. The van der Waals surface area contributed by atoms with Crippen molar-refractivity contribution in [2.45, 2.75) is 11.4 Å². The Morgan fingerprint density at radius 3 is 2.59 bits per heavy atom. The summed E-state index contributed by atoms with van der Waals surface area (Å²) in [4.78, 5) is 16.3. The average Bonchev–Trinajstić information content (AvgIpc) is 2.96. The molecule has 142 valence electrons. The van der Waals surface area contributed by atoms with Gasteiger partial charge in [0.05, 0.1) is 17.6 Å². The minimum Gasteiger partial charge on any atom is -0.345 e. The van der Waals surface area contributed by atoms with Gasteiger partial charge in [-0.25, -0.2) is 22.1 Å². The van der Waals surface area contributed by atoms with Gasteiger partial charge in [-0.05, 0) is 30.3 Å². The monoisotopic (exact) mass is 390 g/mol. The van der Waals surface area contributed by atoms with Crippen LogP contribution in [0.2, 0.25) is 0 Å². The quantitative estimate of drug-likeness (QED) is 0.721. The predicted octanol–water partition coefficient (Wildman–Crippen LogP) is 1.89. The van der Waals surface area contributed by atoms with Crippen molar-refractivity contribution >= 4 is 27.0 Å². The van der Waals surface area contributed by atoms with Crippen LogP contribution in [0.4, 0.5) is 4.39 Å². The van der Waals surface area contributed by atoms with Crippen LogP contribution in [0.15, 0.2) is 47.4 Å². The fraction of sp³-hybridized carbons (Fsp3) is 0.222. The second kappa shape index (κ2) is 7.09. The summed E-state index contributed by atoms with van der Waals surface area (Å²) in [6, 6.07) is 10.8. The normalized spacial score (nSPS) is 11.9. The summed E-state index contributed by atoms with van der Waals surface area (Å²) in [7, 11) is 0.449. The maximum absolute atomic E-state index is 14.0. The van der Waals surface area contributed by atoms with Crippen LogP contribution < -0.4 is 5.32 Å². The molecule has 0 aliphatic rings. The van der Waals surface area contributed by atoms with E-state index in [2.05, 4.69) is 10.3 Å². The lowest BCUT2D eigenvalue weighted by atomic mass is 10.2. The number of aromatic nitrogens is 2. The van der Waals surface area contributed by atoms with Gasteiger partial charge >= 0.3 is 0 Å². The lowest BCUT2D eigenvalue weighted by Crippen LogP contribution is -2.26. The Labute approximate surface area is 156 Å². The standard InChI is InChI=1S/C18H19FN4O3S/c1-22(2)27(25,26)16-10-12(8-9-13(16)19)18(24)20-11-17-21-14-6-4-5-7-15(14)23(17)3/h4-10H,11H2,1-3H3,(H,20,24). The van der Waals surface area contributed by atoms with Crippen molar-refractivity contribution in [3.05, 3.63) is 59.7 Å². The Bertz CT molecular complexity index is 1120. The van der Waals surface area contributed by atoms with Gasteiger partial charge in [-0.15, -0.1) is 0 Å². The molecule has 3 rings (SSSR count). The van der Waals surface area contributed by atoms with E-state index in [1.165, 1.54) is 20.2 Å². The molecule has 1 heterocycles. The van der Waals surface area contributed by atoms with E-state index in [4.69, 9.17) is 0 Å². The highest BCUT2D eigenvalue weighted by Crippen LogP contribution is 2.19. The average molecular weight is 390 g/mol. The van der Waals surface area contributed by atoms with Crippen molar-refractivity contribution in [3.63, 3.8) is 0 Å². The first-order chi connectivity index (χ1) is 12.7. The zero-order valence-electron chi connectivity index (χ0n) is 15.1. The summed E-state index contributed by atoms with van der Waals surface area (Å²) in [6.07, 6.45) is 0. The molecule has 7 nitrogen and oxygen atoms in total. The van der Waals surface area contributed by atoms with Crippen molar-refractivity contribution in [3.8, 4) is 0 Å². The van der Waals surface area contributed by atoms with Crippen LogP contribution in [-0.4, -0.2) is 42.3 Å². The molecule has 3 aromatic rings. The molecule has 1 amide bonds. The van der Waals surface area contributed by atoms with E-state index in [9.17, 15) is 17.6 Å². The number of nitrogens with zero attached hydrogens (tertiary/aromatic N) is 3. The van der Waals surface area contributed by atoms with E-state index in [0.29, 0.717) is 5.82 Å². The number of benzene rings is 2. The fourth-order valence-corrected chi connectivity index (χ4v) is 3.64. The van der Waals surface area contributed by atoms with Gasteiger partial charge in [0.2, 0.25) is 10.0 Å². The molecule has 0 atom stereocenters. The van der Waals surface area contributed by atoms with Crippen molar-refractivity contribution in [1.29, 1.82) is 0 Å². The van der Waals surface area contributed by atoms with Gasteiger partial charge in [-0.3, -0.25) is 4.79 Å². The summed E-state index contributed by atoms with van der Waals surface area (Å²) in [6.45, 7) is 0.150. The number of nitrogens with one attached hydrogen (secondary N) is 1. The number of rotatable bonds is 5. The number of fused-ring (bicyclic) bond motifs is 1. The predicted molar refractivity (Wildman–Crippen MR) is 99.2 cm³/mol. The molecule has 0 bridgehead atoms. The number of hydrogen-bond acceptors (Lipinski definition) is 4. The van der Waals surface area contributed by atoms with Crippen molar-refractivity contribution < 1.29 is 17.6 Å². The number of aryl methyl sites for hydroxylation is 1. The minimum atomic E-state index is -3.99. The van der Waals surface area contributed by atoms with E-state index < -0.39 is 26.6 Å². The third kappa shape index (κ3) is 3.56. The number of halogens is 1. The molecule has 0 unspecified atom stereocenters. The van der Waals surface area contributed by atoms with E-state index in [1.54, 1.807) is 0 Å². The molecule has 0 radical (unpaired) electrons. The largest absolute Gasteiger partial charge is 0.345 e. The molecule has 2 aromatic carbocycles. The molecule has 0 spiro atoms. The molecule has 1 aromatic heterocycles. The SMILES string of the molecule is CN(C)S(=O)(=O)c1cc(C(=O)NCc2nc3ccccc3n2C)ccc1F. The van der Waals surface area contributed by atoms with E-state index in [-0.39, 0.29) is 12.1 Å². The molecule has 27 heavy (non-hydrogen) atoms. The first-order valence-corrected chi connectivity index (χ1v) is 9.56. The van der Waals surface area contributed by atoms with Gasteiger partial charge in [0.1, 0.15) is 16.5 Å². The van der Waals surface area contributed by atoms with Gasteiger partial charge in [-0.2, -0.15) is 0 Å². The highest BCUT2D eigenvalue weighted by Gasteiger charge is 2.23. The zero-order chi connectivity index (χ0) is 19.8. The third-order valence-corrected chi connectivity index (χ3v) is 6.07. The van der Waals surface area contributed by atoms with Crippen molar-refractivity contribution in [2.75, 3.05) is 14.1 Å². The number of carbonyl (C=O) groups is 1. The fourth-order valence-electron chi connectivity index (χ4n) is 2.65. The van der Waals surface area contributed by atoms with Gasteiger partial charge in [0.25, 0.3) is 5.91 Å². The second-order valence-electron chi connectivity index (χ2n) is 6.19. The van der Waals surface area contributed by atoms with E-state index in [0.717, 1.165) is 27.5 Å². The first kappa shape index (κ1) is 19.0. The Kier molecular flexibility index (Phi) is 4.99. The molecule has 9 heteroatoms. The summed E-state index contributed by atoms with van der Waals surface area (Å²) in [5.74, 6) is -0.777. The summed E-state index contributed by atoms with van der Waals surface area (Å²) in [5, 5.41) is 2.69. The second-order valence-corrected chi connectivity index (χ2v) is 8.31. The number of imidazole rings is 1. The molecule has 1 N–H and O–H groups in total. The molecule has 0 fully saturated rings. The van der Waals surface area contributed by atoms with Crippen LogP contribution in [-0.2, 0) is 23.6 Å². The van der Waals surface area contributed by atoms with Gasteiger partial charge in [-0.1, -0.05) is 12.1 Å². The van der Waals surface area contributed by atoms with Crippen LogP contribution >= 0.6 is 0 Å². The molecule has 0 aliphatic heterocycles. The molecule has 0 aliphatic carbocycles. The molecular weight excluding hydrogens is 371 g/mol. The lowest BCUT2D eigenvalue weighted by Gasteiger charge is -2.13. The van der Waals surface area contributed by atoms with Gasteiger partial charge in [0.15, 0.2) is 0 Å². The smallest absolute Gasteiger partial charge is 0.251 e. The Balaban J connectivity index is 1.83. The number of para-hydroxylation sites is 2. The maximum Gasteiger partial charge on any atom is 0.251 e. The van der Waals surface area contributed by atoms with Crippen LogP contribution in [0.3, 0.4) is 0 Å². The third-order valence-electron chi connectivity index (χ3n) is 4.24. The number of carbonyl (C=O) groups excluding carboxylic acids is 1. The maximum atomic E-state index is 14.0. The number of hydrogen-bond donors (Lipinski definition) is 1. The summed E-state index contributed by atoms with van der Waals surface area (Å²) >= 11 is 0. The Morgan fingerprint density at radius 1 is 1.22 bits per heavy atom. The van der Waals surface area contributed by atoms with Crippen molar-refractivity contribution in [1.82, 2.24) is 19.2 Å². The number of sulfonamides is 1. The van der Waals surface area contributed by atoms with E-state index >= 15 is 0 Å². The van der Waals surface area contributed by atoms with E-state index in [1.807, 2.05) is 35.9 Å². The van der Waals surface area contributed by atoms with Crippen LogP contribution in [0.5, 0.6) is 0 Å². The Hall–Kier alpha value is -2.78. The minimum absolute atomic E-state index is 0.0515.